The third-order valence-corrected chi connectivity index (χ3v) is 2.47. The van der Waals surface area contributed by atoms with Crippen LogP contribution in [0.1, 0.15) is 21.8 Å². The predicted octanol–water partition coefficient (Wildman–Crippen LogP) is 1.57. The van der Waals surface area contributed by atoms with E-state index in [-0.39, 0.29) is 24.8 Å². The molecule has 0 saturated carbocycles. The Hall–Kier alpha value is -2.18. The van der Waals surface area contributed by atoms with Gasteiger partial charge in [-0.25, -0.2) is 0 Å². The van der Waals surface area contributed by atoms with Gasteiger partial charge in [0, 0.05) is 18.9 Å². The van der Waals surface area contributed by atoms with Crippen LogP contribution in [0.3, 0.4) is 0 Å². The van der Waals surface area contributed by atoms with Crippen LogP contribution in [-0.2, 0) is 18.0 Å². The van der Waals surface area contributed by atoms with Crippen molar-refractivity contribution >= 4 is 11.6 Å². The molecule has 0 atom stereocenters. The lowest BCUT2D eigenvalue weighted by atomic mass is 10.2. The Morgan fingerprint density at radius 2 is 2.16 bits per heavy atom. The molecule has 6 nitrogen and oxygen atoms in total. The average molecular weight is 262 g/mol. The normalized spacial score (nSPS) is 10.4. The highest BCUT2D eigenvalue weighted by Gasteiger charge is 2.12. The summed E-state index contributed by atoms with van der Waals surface area (Å²) in [7, 11) is 1.53. The van der Waals surface area contributed by atoms with Gasteiger partial charge in [0.15, 0.2) is 11.5 Å². The highest BCUT2D eigenvalue weighted by molar-refractivity contribution is 6.02. The minimum absolute atomic E-state index is 0.0299. The molecule has 0 unspecified atom stereocenters. The first kappa shape index (κ1) is 13.3. The zero-order valence-corrected chi connectivity index (χ0v) is 10.4. The van der Waals surface area contributed by atoms with Crippen LogP contribution in [0.4, 0.5) is 5.69 Å². The molecule has 1 aromatic heterocycles. The summed E-state index contributed by atoms with van der Waals surface area (Å²) in [5.41, 5.74) is 1.60. The van der Waals surface area contributed by atoms with Crippen molar-refractivity contribution in [1.29, 1.82) is 0 Å². The second-order valence-electron chi connectivity index (χ2n) is 3.92. The predicted molar refractivity (Wildman–Crippen MR) is 67.5 cm³/mol. The standard InChI is InChI=1S/C13H14N2O4/c1-18-8-11-6-12(15-19-11)13(17)14-10-4-2-9(7-16)3-5-10/h2-6,16H,7-8H2,1H3,(H,14,17). The molecule has 2 N–H and O–H groups in total. The molecule has 0 bridgehead atoms. The van der Waals surface area contributed by atoms with Crippen LogP contribution in [0, 0.1) is 0 Å². The van der Waals surface area contributed by atoms with E-state index in [0.29, 0.717) is 11.4 Å². The Morgan fingerprint density at radius 1 is 1.42 bits per heavy atom. The molecule has 0 radical (unpaired) electrons. The largest absolute Gasteiger partial charge is 0.392 e. The summed E-state index contributed by atoms with van der Waals surface area (Å²) in [6.07, 6.45) is 0. The molecule has 6 heteroatoms. The quantitative estimate of drug-likeness (QED) is 0.854. The number of nitrogens with zero attached hydrogens (tertiary/aromatic N) is 1. The van der Waals surface area contributed by atoms with E-state index in [1.165, 1.54) is 13.2 Å². The number of carbonyl (C=O) groups excluding carboxylic acids is 1. The number of benzene rings is 1. The number of rotatable bonds is 5. The summed E-state index contributed by atoms with van der Waals surface area (Å²) in [4.78, 5) is 11.9. The molecule has 2 aromatic rings. The topological polar surface area (TPSA) is 84.6 Å². The highest BCUT2D eigenvalue weighted by atomic mass is 16.5. The number of amides is 1. The van der Waals surface area contributed by atoms with Crippen molar-refractivity contribution in [2.24, 2.45) is 0 Å². The molecule has 0 saturated heterocycles. The maximum atomic E-state index is 11.9. The van der Waals surface area contributed by atoms with Gasteiger partial charge in [0.25, 0.3) is 5.91 Å². The Labute approximate surface area is 110 Å². The van der Waals surface area contributed by atoms with E-state index >= 15 is 0 Å². The van der Waals surface area contributed by atoms with Crippen LogP contribution in [0.5, 0.6) is 0 Å². The van der Waals surface area contributed by atoms with Crippen molar-refractivity contribution in [2.45, 2.75) is 13.2 Å². The van der Waals surface area contributed by atoms with Gasteiger partial charge in [0.05, 0.1) is 6.61 Å². The number of hydrogen-bond donors (Lipinski definition) is 2. The third kappa shape index (κ3) is 3.40. The molecule has 0 fully saturated rings. The van der Waals surface area contributed by atoms with Crippen LogP contribution >= 0.6 is 0 Å². The monoisotopic (exact) mass is 262 g/mol. The van der Waals surface area contributed by atoms with E-state index in [1.807, 2.05) is 0 Å². The Balaban J connectivity index is 2.02. The number of anilines is 1. The van der Waals surface area contributed by atoms with Gasteiger partial charge in [0.2, 0.25) is 0 Å². The number of aliphatic hydroxyl groups is 1. The maximum Gasteiger partial charge on any atom is 0.277 e. The van der Waals surface area contributed by atoms with E-state index in [9.17, 15) is 4.79 Å². The molecule has 1 aromatic carbocycles. The molecule has 1 heterocycles. The van der Waals surface area contributed by atoms with Gasteiger partial charge in [0.1, 0.15) is 6.61 Å². The van der Waals surface area contributed by atoms with Crippen molar-refractivity contribution in [3.63, 3.8) is 0 Å². The van der Waals surface area contributed by atoms with Gasteiger partial charge >= 0.3 is 0 Å². The first-order chi connectivity index (χ1) is 9.22. The highest BCUT2D eigenvalue weighted by Crippen LogP contribution is 2.12. The number of nitrogens with one attached hydrogen (secondary N) is 1. The van der Waals surface area contributed by atoms with Gasteiger partial charge in [-0.2, -0.15) is 0 Å². The van der Waals surface area contributed by atoms with E-state index in [4.69, 9.17) is 14.4 Å². The molecule has 100 valence electrons. The fraction of sp³-hybridized carbons (Fsp3) is 0.231. The first-order valence-electron chi connectivity index (χ1n) is 5.68. The van der Waals surface area contributed by atoms with E-state index < -0.39 is 0 Å². The number of ether oxygens (including phenoxy) is 1. The minimum atomic E-state index is -0.358. The minimum Gasteiger partial charge on any atom is -0.392 e. The fourth-order valence-corrected chi connectivity index (χ4v) is 1.52. The lowest BCUT2D eigenvalue weighted by molar-refractivity contribution is 0.101. The number of aromatic nitrogens is 1. The van der Waals surface area contributed by atoms with Gasteiger partial charge in [-0.3, -0.25) is 4.79 Å². The summed E-state index contributed by atoms with van der Waals surface area (Å²) in [5.74, 6) is 0.131. The van der Waals surface area contributed by atoms with Gasteiger partial charge in [-0.15, -0.1) is 0 Å². The lowest BCUT2D eigenvalue weighted by Gasteiger charge is -2.03. The molecule has 0 aliphatic carbocycles. The van der Waals surface area contributed by atoms with Crippen molar-refractivity contribution in [2.75, 3.05) is 12.4 Å². The number of hydrogen-bond acceptors (Lipinski definition) is 5. The van der Waals surface area contributed by atoms with E-state index in [2.05, 4.69) is 10.5 Å². The van der Waals surface area contributed by atoms with Crippen LogP contribution in [0.15, 0.2) is 34.9 Å². The summed E-state index contributed by atoms with van der Waals surface area (Å²) in [6, 6.07) is 8.41. The molecule has 19 heavy (non-hydrogen) atoms. The Morgan fingerprint density at radius 3 is 2.79 bits per heavy atom. The number of aliphatic hydroxyl groups excluding tert-OH is 1. The average Bonchev–Trinajstić information content (AvgIpc) is 2.89. The van der Waals surface area contributed by atoms with Crippen LogP contribution in [-0.4, -0.2) is 23.3 Å². The SMILES string of the molecule is COCc1cc(C(=O)Nc2ccc(CO)cc2)no1. The van der Waals surface area contributed by atoms with Crippen molar-refractivity contribution in [3.8, 4) is 0 Å². The summed E-state index contributed by atoms with van der Waals surface area (Å²) >= 11 is 0. The van der Waals surface area contributed by atoms with Gasteiger partial charge in [-0.1, -0.05) is 17.3 Å². The second kappa shape index (κ2) is 6.12. The summed E-state index contributed by atoms with van der Waals surface area (Å²) in [6.45, 7) is 0.239. The van der Waals surface area contributed by atoms with Crippen LogP contribution in [0.2, 0.25) is 0 Å². The van der Waals surface area contributed by atoms with Gasteiger partial charge in [-0.05, 0) is 17.7 Å². The van der Waals surface area contributed by atoms with Crippen LogP contribution < -0.4 is 5.32 Å². The molecule has 0 aliphatic heterocycles. The van der Waals surface area contributed by atoms with Crippen molar-refractivity contribution in [3.05, 3.63) is 47.3 Å². The van der Waals surface area contributed by atoms with E-state index in [1.54, 1.807) is 24.3 Å². The van der Waals surface area contributed by atoms with Crippen LogP contribution in [0.25, 0.3) is 0 Å². The molecule has 1 amide bonds. The van der Waals surface area contributed by atoms with E-state index in [0.717, 1.165) is 5.56 Å². The molecular formula is C13H14N2O4. The summed E-state index contributed by atoms with van der Waals surface area (Å²) in [5, 5.41) is 15.3. The lowest BCUT2D eigenvalue weighted by Crippen LogP contribution is -2.12. The number of methoxy groups -OCH3 is 1. The third-order valence-electron chi connectivity index (χ3n) is 2.47. The zero-order valence-electron chi connectivity index (χ0n) is 10.4. The first-order valence-corrected chi connectivity index (χ1v) is 5.68. The molecule has 0 spiro atoms. The number of carbonyl (C=O) groups is 1. The smallest absolute Gasteiger partial charge is 0.277 e. The fourth-order valence-electron chi connectivity index (χ4n) is 1.52. The Kier molecular flexibility index (Phi) is 4.27. The zero-order chi connectivity index (χ0) is 13.7. The summed E-state index contributed by atoms with van der Waals surface area (Å²) < 4.78 is 9.81. The maximum absolute atomic E-state index is 11.9. The molecule has 0 aliphatic rings. The Bertz CT molecular complexity index is 548. The molecular weight excluding hydrogens is 248 g/mol. The van der Waals surface area contributed by atoms with Crippen molar-refractivity contribution < 1.29 is 19.2 Å². The van der Waals surface area contributed by atoms with Gasteiger partial charge < -0.3 is 19.7 Å². The second-order valence-corrected chi connectivity index (χ2v) is 3.92. The van der Waals surface area contributed by atoms with Crippen molar-refractivity contribution in [1.82, 2.24) is 5.16 Å². The molecule has 2 rings (SSSR count).